The molecule has 1 N–H and O–H groups in total. The number of anilines is 1. The number of aromatic nitrogens is 2. The molecule has 1 aromatic carbocycles. The van der Waals surface area contributed by atoms with Crippen LogP contribution >= 0.6 is 0 Å². The summed E-state index contributed by atoms with van der Waals surface area (Å²) in [6.07, 6.45) is 5.26. The van der Waals surface area contributed by atoms with E-state index in [0.29, 0.717) is 13.1 Å². The number of imidazole rings is 1. The number of carbonyl (C=O) groups excluding carboxylic acids is 2. The van der Waals surface area contributed by atoms with Crippen molar-refractivity contribution < 1.29 is 14.0 Å². The topological polar surface area (TPSA) is 67.2 Å². The lowest BCUT2D eigenvalue weighted by molar-refractivity contribution is -0.126. The van der Waals surface area contributed by atoms with Crippen LogP contribution in [0.1, 0.15) is 12.0 Å². The molecule has 1 aliphatic rings. The van der Waals surface area contributed by atoms with Gasteiger partial charge in [-0.25, -0.2) is 9.37 Å². The quantitative estimate of drug-likeness (QED) is 0.903. The summed E-state index contributed by atoms with van der Waals surface area (Å²) in [6.45, 7) is 3.06. The van der Waals surface area contributed by atoms with E-state index >= 15 is 0 Å². The maximum absolute atomic E-state index is 14.1. The first kappa shape index (κ1) is 16.2. The lowest BCUT2D eigenvalue weighted by Crippen LogP contribution is -2.34. The Morgan fingerprint density at radius 3 is 3.00 bits per heavy atom. The molecule has 0 saturated carbocycles. The van der Waals surface area contributed by atoms with Crippen molar-refractivity contribution in [3.05, 3.63) is 48.3 Å². The van der Waals surface area contributed by atoms with Crippen LogP contribution < -0.4 is 10.2 Å². The largest absolute Gasteiger partial charge is 0.354 e. The van der Waals surface area contributed by atoms with E-state index in [4.69, 9.17) is 0 Å². The molecule has 126 valence electrons. The summed E-state index contributed by atoms with van der Waals surface area (Å²) in [4.78, 5) is 29.7. The number of amides is 2. The highest BCUT2D eigenvalue weighted by molar-refractivity contribution is 6.00. The fraction of sp³-hybridized carbons (Fsp3) is 0.353. The number of nitrogens with one attached hydrogen (secondary N) is 1. The summed E-state index contributed by atoms with van der Waals surface area (Å²) < 4.78 is 15.9. The Balaban J connectivity index is 1.58. The molecule has 0 radical (unpaired) electrons. The monoisotopic (exact) mass is 330 g/mol. The van der Waals surface area contributed by atoms with Crippen molar-refractivity contribution >= 4 is 17.5 Å². The fourth-order valence-corrected chi connectivity index (χ4v) is 2.82. The molecule has 2 amide bonds. The molecular weight excluding hydrogens is 311 g/mol. The van der Waals surface area contributed by atoms with Crippen LogP contribution in [0.25, 0.3) is 0 Å². The summed E-state index contributed by atoms with van der Waals surface area (Å²) >= 11 is 0. The molecule has 3 rings (SSSR count). The highest BCUT2D eigenvalue weighted by atomic mass is 19.1. The lowest BCUT2D eigenvalue weighted by Gasteiger charge is -2.17. The van der Waals surface area contributed by atoms with Gasteiger partial charge >= 0.3 is 0 Å². The van der Waals surface area contributed by atoms with Crippen molar-refractivity contribution in [2.24, 2.45) is 5.92 Å². The molecule has 1 aliphatic heterocycles. The Morgan fingerprint density at radius 2 is 2.29 bits per heavy atom. The predicted octanol–water partition coefficient (Wildman–Crippen LogP) is 1.50. The fourth-order valence-electron chi connectivity index (χ4n) is 2.82. The number of benzene rings is 1. The molecule has 2 aromatic rings. The first-order valence-corrected chi connectivity index (χ1v) is 7.84. The number of hydrogen-bond donors (Lipinski definition) is 1. The van der Waals surface area contributed by atoms with Crippen molar-refractivity contribution in [3.63, 3.8) is 0 Å². The van der Waals surface area contributed by atoms with Gasteiger partial charge in [0.1, 0.15) is 5.82 Å². The summed E-state index contributed by atoms with van der Waals surface area (Å²) in [5.74, 6) is -1.31. The Morgan fingerprint density at radius 1 is 1.46 bits per heavy atom. The first-order valence-electron chi connectivity index (χ1n) is 7.84. The minimum absolute atomic E-state index is 0.101. The summed E-state index contributed by atoms with van der Waals surface area (Å²) in [6, 6.07) is 4.73. The van der Waals surface area contributed by atoms with Crippen molar-refractivity contribution in [3.8, 4) is 0 Å². The Hall–Kier alpha value is -2.70. The maximum Gasteiger partial charge on any atom is 0.227 e. The van der Waals surface area contributed by atoms with E-state index in [1.165, 1.54) is 11.0 Å². The number of hydrogen-bond acceptors (Lipinski definition) is 3. The molecule has 1 saturated heterocycles. The molecular formula is C17H19FN4O2. The van der Waals surface area contributed by atoms with Gasteiger partial charge in [-0.05, 0) is 24.6 Å². The van der Waals surface area contributed by atoms with Crippen molar-refractivity contribution in [2.75, 3.05) is 18.0 Å². The predicted molar refractivity (Wildman–Crippen MR) is 86.8 cm³/mol. The zero-order valence-electron chi connectivity index (χ0n) is 13.4. The normalized spacial score (nSPS) is 17.3. The summed E-state index contributed by atoms with van der Waals surface area (Å²) in [5.41, 5.74) is 1.02. The van der Waals surface area contributed by atoms with Gasteiger partial charge in [0.25, 0.3) is 0 Å². The molecule has 1 atom stereocenters. The van der Waals surface area contributed by atoms with Gasteiger partial charge in [-0.1, -0.05) is 6.07 Å². The third kappa shape index (κ3) is 3.45. The van der Waals surface area contributed by atoms with Crippen LogP contribution in [-0.2, 0) is 16.1 Å². The average molecular weight is 330 g/mol. The zero-order valence-corrected chi connectivity index (χ0v) is 13.4. The number of rotatable bonds is 5. The van der Waals surface area contributed by atoms with E-state index in [1.807, 2.05) is 10.8 Å². The van der Waals surface area contributed by atoms with E-state index in [1.54, 1.807) is 31.6 Å². The van der Waals surface area contributed by atoms with Crippen LogP contribution in [0.3, 0.4) is 0 Å². The molecule has 1 unspecified atom stereocenters. The van der Waals surface area contributed by atoms with Crippen molar-refractivity contribution in [1.82, 2.24) is 14.9 Å². The molecule has 2 heterocycles. The molecule has 0 spiro atoms. The van der Waals surface area contributed by atoms with Crippen molar-refractivity contribution in [1.29, 1.82) is 0 Å². The average Bonchev–Trinajstić information content (AvgIpc) is 3.17. The minimum Gasteiger partial charge on any atom is -0.354 e. The first-order chi connectivity index (χ1) is 11.5. The molecule has 7 heteroatoms. The van der Waals surface area contributed by atoms with E-state index in [9.17, 15) is 14.0 Å². The van der Waals surface area contributed by atoms with Gasteiger partial charge in [0.05, 0.1) is 17.9 Å². The summed E-state index contributed by atoms with van der Waals surface area (Å²) in [7, 11) is 0. The van der Waals surface area contributed by atoms with Gasteiger partial charge in [-0.3, -0.25) is 9.59 Å². The van der Waals surface area contributed by atoms with Crippen LogP contribution in [-0.4, -0.2) is 34.5 Å². The van der Waals surface area contributed by atoms with Gasteiger partial charge in [0.2, 0.25) is 11.8 Å². The van der Waals surface area contributed by atoms with E-state index < -0.39 is 11.7 Å². The summed E-state index contributed by atoms with van der Waals surface area (Å²) in [5, 5.41) is 2.82. The Labute approximate surface area is 139 Å². The second-order valence-corrected chi connectivity index (χ2v) is 5.95. The smallest absolute Gasteiger partial charge is 0.227 e. The van der Waals surface area contributed by atoms with Gasteiger partial charge in [0.15, 0.2) is 0 Å². The molecule has 6 nitrogen and oxygen atoms in total. The molecule has 0 bridgehead atoms. The van der Waals surface area contributed by atoms with E-state index in [2.05, 4.69) is 10.3 Å². The van der Waals surface area contributed by atoms with Crippen LogP contribution in [0.15, 0.2) is 36.9 Å². The second-order valence-electron chi connectivity index (χ2n) is 5.95. The van der Waals surface area contributed by atoms with E-state index in [-0.39, 0.29) is 30.5 Å². The number of halogens is 1. The van der Waals surface area contributed by atoms with Crippen LogP contribution in [0.2, 0.25) is 0 Å². The van der Waals surface area contributed by atoms with Gasteiger partial charge in [0, 0.05) is 38.4 Å². The highest BCUT2D eigenvalue weighted by Gasteiger charge is 2.35. The van der Waals surface area contributed by atoms with Crippen LogP contribution in [0, 0.1) is 18.7 Å². The molecule has 0 aliphatic carbocycles. The molecule has 1 aromatic heterocycles. The highest BCUT2D eigenvalue weighted by Crippen LogP contribution is 2.28. The Bertz CT molecular complexity index is 745. The van der Waals surface area contributed by atoms with Gasteiger partial charge < -0.3 is 14.8 Å². The Kier molecular flexibility index (Phi) is 4.59. The lowest BCUT2D eigenvalue weighted by atomic mass is 10.1. The second kappa shape index (κ2) is 6.82. The van der Waals surface area contributed by atoms with E-state index in [0.717, 1.165) is 5.56 Å². The minimum atomic E-state index is -0.457. The third-order valence-corrected chi connectivity index (χ3v) is 4.12. The SMILES string of the molecule is Cc1ccc(N2CC(C(=O)NCCn3ccnc3)CC2=O)c(F)c1. The molecule has 1 fully saturated rings. The number of aryl methyl sites for hydroxylation is 1. The van der Waals surface area contributed by atoms with Gasteiger partial charge in [-0.2, -0.15) is 0 Å². The van der Waals surface area contributed by atoms with Crippen molar-refractivity contribution in [2.45, 2.75) is 19.9 Å². The zero-order chi connectivity index (χ0) is 17.1. The third-order valence-electron chi connectivity index (χ3n) is 4.12. The van der Waals surface area contributed by atoms with Gasteiger partial charge in [-0.15, -0.1) is 0 Å². The standard InChI is InChI=1S/C17H19FN4O2/c1-12-2-3-15(14(18)8-12)22-10-13(9-16(22)23)17(24)20-5-7-21-6-4-19-11-21/h2-4,6,8,11,13H,5,7,9-10H2,1H3,(H,20,24). The number of carbonyl (C=O) groups is 2. The number of nitrogens with zero attached hydrogens (tertiary/aromatic N) is 3. The van der Waals surface area contributed by atoms with Crippen LogP contribution in [0.4, 0.5) is 10.1 Å². The maximum atomic E-state index is 14.1. The van der Waals surface area contributed by atoms with Crippen LogP contribution in [0.5, 0.6) is 0 Å². The molecule has 24 heavy (non-hydrogen) atoms.